The number of aromatic nitrogens is 2. The van der Waals surface area contributed by atoms with Crippen molar-refractivity contribution in [3.05, 3.63) is 5.38 Å². The molecule has 1 aliphatic heterocycles. The highest BCUT2D eigenvalue weighted by atomic mass is 32.2. The van der Waals surface area contributed by atoms with E-state index in [4.69, 9.17) is 0 Å². The van der Waals surface area contributed by atoms with E-state index in [1.165, 1.54) is 11.5 Å². The number of carbonyl (C=O) groups excluding carboxylic acids is 1. The monoisotopic (exact) mass is 187 g/mol. The number of thioether (sulfide) groups is 1. The molecule has 0 aliphatic carbocycles. The van der Waals surface area contributed by atoms with Crippen LogP contribution in [0.25, 0.3) is 0 Å². The smallest absolute Gasteiger partial charge is 0.239 e. The molecule has 1 aromatic rings. The number of nitrogens with zero attached hydrogens (tertiary/aromatic N) is 3. The van der Waals surface area contributed by atoms with Gasteiger partial charge in [-0.1, -0.05) is 4.49 Å². The first-order chi connectivity index (χ1) is 5.38. The second-order valence-electron chi connectivity index (χ2n) is 2.06. The zero-order chi connectivity index (χ0) is 7.68. The molecule has 0 N–H and O–H groups in total. The van der Waals surface area contributed by atoms with Gasteiger partial charge in [-0.05, 0) is 11.5 Å². The van der Waals surface area contributed by atoms with Crippen LogP contribution < -0.4 is 4.90 Å². The molecule has 4 nitrogen and oxygen atoms in total. The van der Waals surface area contributed by atoms with Gasteiger partial charge in [-0.2, -0.15) is 0 Å². The van der Waals surface area contributed by atoms with Crippen LogP contribution in [-0.4, -0.2) is 27.1 Å². The molecule has 1 saturated heterocycles. The van der Waals surface area contributed by atoms with Crippen molar-refractivity contribution in [3.63, 3.8) is 0 Å². The molecular formula is C5H5N3OS2. The Labute approximate surface area is 71.8 Å². The Balaban J connectivity index is 2.23. The lowest BCUT2D eigenvalue weighted by atomic mass is 10.6. The van der Waals surface area contributed by atoms with Crippen LogP contribution in [0.5, 0.6) is 0 Å². The number of hydrogen-bond acceptors (Lipinski definition) is 5. The number of anilines is 1. The van der Waals surface area contributed by atoms with Crippen LogP contribution >= 0.6 is 23.3 Å². The van der Waals surface area contributed by atoms with Crippen LogP contribution in [0, 0.1) is 0 Å². The summed E-state index contributed by atoms with van der Waals surface area (Å²) in [5.41, 5.74) is 0. The van der Waals surface area contributed by atoms with Crippen LogP contribution in [0.2, 0.25) is 0 Å². The van der Waals surface area contributed by atoms with E-state index in [-0.39, 0.29) is 5.91 Å². The van der Waals surface area contributed by atoms with Crippen molar-refractivity contribution in [2.24, 2.45) is 0 Å². The van der Waals surface area contributed by atoms with Crippen molar-refractivity contribution >= 4 is 35.0 Å². The number of hydrogen-bond donors (Lipinski definition) is 0. The topological polar surface area (TPSA) is 46.1 Å². The van der Waals surface area contributed by atoms with Gasteiger partial charge in [0.1, 0.15) is 0 Å². The summed E-state index contributed by atoms with van der Waals surface area (Å²) in [4.78, 5) is 12.8. The van der Waals surface area contributed by atoms with E-state index >= 15 is 0 Å². The van der Waals surface area contributed by atoms with Gasteiger partial charge in [0, 0.05) is 0 Å². The molecule has 1 aliphatic rings. The second kappa shape index (κ2) is 2.78. The van der Waals surface area contributed by atoms with E-state index < -0.39 is 0 Å². The molecule has 58 valence electrons. The number of rotatable bonds is 1. The third-order valence-electron chi connectivity index (χ3n) is 1.37. The van der Waals surface area contributed by atoms with E-state index in [1.807, 2.05) is 0 Å². The van der Waals surface area contributed by atoms with Crippen molar-refractivity contribution in [1.82, 2.24) is 9.59 Å². The molecule has 1 fully saturated rings. The maximum Gasteiger partial charge on any atom is 0.239 e. The van der Waals surface area contributed by atoms with Crippen LogP contribution in [0.15, 0.2) is 5.38 Å². The minimum absolute atomic E-state index is 0.128. The van der Waals surface area contributed by atoms with Gasteiger partial charge < -0.3 is 0 Å². The summed E-state index contributed by atoms with van der Waals surface area (Å²) in [7, 11) is 0. The van der Waals surface area contributed by atoms with Crippen molar-refractivity contribution in [1.29, 1.82) is 0 Å². The normalized spacial score (nSPS) is 17.8. The van der Waals surface area contributed by atoms with Crippen molar-refractivity contribution < 1.29 is 4.79 Å². The van der Waals surface area contributed by atoms with E-state index in [2.05, 4.69) is 9.59 Å². The lowest BCUT2D eigenvalue weighted by molar-refractivity contribution is -0.115. The third-order valence-corrected chi connectivity index (χ3v) is 2.76. The van der Waals surface area contributed by atoms with E-state index in [9.17, 15) is 4.79 Å². The number of carbonyl (C=O) groups is 1. The Kier molecular flexibility index (Phi) is 1.79. The van der Waals surface area contributed by atoms with E-state index in [0.29, 0.717) is 17.4 Å². The fourth-order valence-corrected chi connectivity index (χ4v) is 2.17. The van der Waals surface area contributed by atoms with E-state index in [1.54, 1.807) is 22.0 Å². The molecule has 2 rings (SSSR count). The molecule has 11 heavy (non-hydrogen) atoms. The second-order valence-corrected chi connectivity index (χ2v) is 3.63. The quantitative estimate of drug-likeness (QED) is 0.645. The lowest BCUT2D eigenvalue weighted by Gasteiger charge is -2.08. The third kappa shape index (κ3) is 1.23. The van der Waals surface area contributed by atoms with Gasteiger partial charge in [0.05, 0.1) is 17.0 Å². The van der Waals surface area contributed by atoms with Gasteiger partial charge >= 0.3 is 0 Å². The Bertz CT molecular complexity index is 261. The highest BCUT2D eigenvalue weighted by Gasteiger charge is 2.23. The fraction of sp³-hybridized carbons (Fsp3) is 0.400. The zero-order valence-electron chi connectivity index (χ0n) is 5.56. The molecule has 0 atom stereocenters. The molecule has 0 saturated carbocycles. The molecule has 1 amide bonds. The first kappa shape index (κ1) is 7.05. The SMILES string of the molecule is O=C1CSCN1c1csnn1. The largest absolute Gasteiger partial charge is 0.284 e. The summed E-state index contributed by atoms with van der Waals surface area (Å²) in [6, 6.07) is 0. The van der Waals surface area contributed by atoms with Gasteiger partial charge in [0.2, 0.25) is 5.91 Å². The molecule has 1 aromatic heterocycles. The predicted molar refractivity (Wildman–Crippen MR) is 44.7 cm³/mol. The zero-order valence-corrected chi connectivity index (χ0v) is 7.19. The Morgan fingerprint density at radius 1 is 1.64 bits per heavy atom. The summed E-state index contributed by atoms with van der Waals surface area (Å²) in [5.74, 6) is 2.09. The summed E-state index contributed by atoms with van der Waals surface area (Å²) >= 11 is 2.87. The average molecular weight is 187 g/mol. The van der Waals surface area contributed by atoms with Crippen LogP contribution in [0.1, 0.15) is 0 Å². The van der Waals surface area contributed by atoms with Gasteiger partial charge in [-0.15, -0.1) is 16.9 Å². The van der Waals surface area contributed by atoms with Crippen molar-refractivity contribution in [3.8, 4) is 0 Å². The highest BCUT2D eigenvalue weighted by Crippen LogP contribution is 2.21. The number of amides is 1. The molecule has 0 unspecified atom stereocenters. The predicted octanol–water partition coefficient (Wildman–Crippen LogP) is 0.575. The summed E-state index contributed by atoms with van der Waals surface area (Å²) < 4.78 is 3.69. The fourth-order valence-electron chi connectivity index (χ4n) is 0.845. The standard InChI is InChI=1S/C5H5N3OS2/c9-5-2-10-3-8(5)4-1-11-7-6-4/h1H,2-3H2. The molecule has 6 heteroatoms. The molecule has 0 spiro atoms. The maximum absolute atomic E-state index is 11.1. The molecule has 0 aromatic carbocycles. The Morgan fingerprint density at radius 2 is 2.55 bits per heavy atom. The molecule has 0 radical (unpaired) electrons. The highest BCUT2D eigenvalue weighted by molar-refractivity contribution is 8.00. The summed E-state index contributed by atoms with van der Waals surface area (Å²) in [5, 5.41) is 5.59. The van der Waals surface area contributed by atoms with Gasteiger partial charge in [-0.25, -0.2) is 0 Å². The van der Waals surface area contributed by atoms with Gasteiger partial charge in [0.15, 0.2) is 5.82 Å². The Hall–Kier alpha value is -0.620. The van der Waals surface area contributed by atoms with Crippen LogP contribution in [0.3, 0.4) is 0 Å². The first-order valence-electron chi connectivity index (χ1n) is 3.03. The van der Waals surface area contributed by atoms with Crippen LogP contribution in [0.4, 0.5) is 5.82 Å². The van der Waals surface area contributed by atoms with Crippen LogP contribution in [-0.2, 0) is 4.79 Å². The summed E-state index contributed by atoms with van der Waals surface area (Å²) in [6.45, 7) is 0. The minimum atomic E-state index is 0.128. The average Bonchev–Trinajstić information content (AvgIpc) is 2.55. The molecule has 0 bridgehead atoms. The summed E-state index contributed by atoms with van der Waals surface area (Å²) in [6.07, 6.45) is 0. The Morgan fingerprint density at radius 3 is 3.09 bits per heavy atom. The molecular weight excluding hydrogens is 182 g/mol. The first-order valence-corrected chi connectivity index (χ1v) is 5.02. The van der Waals surface area contributed by atoms with Gasteiger partial charge in [-0.3, -0.25) is 9.69 Å². The lowest BCUT2D eigenvalue weighted by Crippen LogP contribution is -2.25. The van der Waals surface area contributed by atoms with Gasteiger partial charge in [0.25, 0.3) is 0 Å². The molecule has 2 heterocycles. The van der Waals surface area contributed by atoms with Crippen molar-refractivity contribution in [2.45, 2.75) is 0 Å². The van der Waals surface area contributed by atoms with Crippen molar-refractivity contribution in [2.75, 3.05) is 16.5 Å². The maximum atomic E-state index is 11.1. The van der Waals surface area contributed by atoms with E-state index in [0.717, 1.165) is 0 Å². The minimum Gasteiger partial charge on any atom is -0.284 e.